The van der Waals surface area contributed by atoms with Gasteiger partial charge < -0.3 is 10.7 Å². The van der Waals surface area contributed by atoms with Crippen LogP contribution >= 0.6 is 0 Å². The summed E-state index contributed by atoms with van der Waals surface area (Å²) < 4.78 is 85.1. The second-order valence-corrected chi connectivity index (χ2v) is 2.98. The minimum atomic E-state index is -6.41. The van der Waals surface area contributed by atoms with Crippen LogP contribution in [0, 0.1) is 0 Å². The molecule has 0 saturated carbocycles. The number of alkyl halides is 7. The smallest absolute Gasteiger partial charge is 0.380 e. The molecule has 0 aromatic heterocycles. The first-order valence-corrected chi connectivity index (χ1v) is 3.68. The zero-order valence-electron chi connectivity index (χ0n) is 8.12. The van der Waals surface area contributed by atoms with Crippen molar-refractivity contribution in [2.75, 3.05) is 14.1 Å². The molecule has 0 aromatic carbocycles. The Hall–Kier alpha value is -1.22. The molecule has 16 heavy (non-hydrogen) atoms. The summed E-state index contributed by atoms with van der Waals surface area (Å²) in [5.41, 5.74) is 4.41. The second-order valence-electron chi connectivity index (χ2n) is 2.98. The first-order valence-electron chi connectivity index (χ1n) is 3.68. The Morgan fingerprint density at radius 3 is 1.62 bits per heavy atom. The van der Waals surface area contributed by atoms with Crippen molar-refractivity contribution in [3.63, 3.8) is 0 Å². The maximum absolute atomic E-state index is 12.7. The van der Waals surface area contributed by atoms with Gasteiger partial charge in [-0.05, 0) is 0 Å². The summed E-state index contributed by atoms with van der Waals surface area (Å²) in [6.45, 7) is 0. The molecule has 0 aliphatic heterocycles. The number of amidine groups is 1. The molecular weight excluding hydrogens is 247 g/mol. The lowest BCUT2D eigenvalue weighted by Crippen LogP contribution is -2.58. The van der Waals surface area contributed by atoms with Gasteiger partial charge in [0.1, 0.15) is 0 Å². The molecular formula is C6H8F7N3. The molecule has 0 bridgehead atoms. The zero-order valence-corrected chi connectivity index (χ0v) is 8.12. The summed E-state index contributed by atoms with van der Waals surface area (Å²) in [5, 5.41) is 3.21. The largest absolute Gasteiger partial charge is 0.460 e. The van der Waals surface area contributed by atoms with Crippen molar-refractivity contribution in [2.24, 2.45) is 10.8 Å². The molecule has 96 valence electrons. The van der Waals surface area contributed by atoms with Gasteiger partial charge >= 0.3 is 18.0 Å². The highest BCUT2D eigenvalue weighted by Crippen LogP contribution is 2.46. The van der Waals surface area contributed by atoms with E-state index in [1.807, 2.05) is 0 Å². The lowest BCUT2D eigenvalue weighted by atomic mass is 10.1. The molecule has 2 N–H and O–H groups in total. The number of rotatable bonds is 3. The topological polar surface area (TPSA) is 41.6 Å². The predicted octanol–water partition coefficient (Wildman–Crippen LogP) is 1.65. The zero-order chi connectivity index (χ0) is 13.4. The van der Waals surface area contributed by atoms with E-state index in [1.54, 1.807) is 0 Å². The van der Waals surface area contributed by atoms with E-state index in [9.17, 15) is 30.7 Å². The van der Waals surface area contributed by atoms with E-state index in [0.717, 1.165) is 14.1 Å². The minimum Gasteiger partial charge on any atom is -0.380 e. The normalized spacial score (nSPS) is 15.2. The molecule has 0 heterocycles. The minimum absolute atomic E-state index is 0.579. The van der Waals surface area contributed by atoms with E-state index >= 15 is 0 Å². The second kappa shape index (κ2) is 3.98. The fourth-order valence-electron chi connectivity index (χ4n) is 0.617. The van der Waals surface area contributed by atoms with Crippen molar-refractivity contribution in [2.45, 2.75) is 18.0 Å². The molecule has 0 amide bonds. The summed E-state index contributed by atoms with van der Waals surface area (Å²) in [6.07, 6.45) is -6.41. The van der Waals surface area contributed by atoms with Gasteiger partial charge in [-0.1, -0.05) is 0 Å². The number of hydrazone groups is 1. The number of hydrogen-bond donors (Lipinski definition) is 1. The first-order chi connectivity index (χ1) is 6.84. The third kappa shape index (κ3) is 2.47. The summed E-state index contributed by atoms with van der Waals surface area (Å²) in [7, 11) is 2.07. The van der Waals surface area contributed by atoms with Gasteiger partial charge in [0.25, 0.3) is 0 Å². The maximum Gasteiger partial charge on any atom is 0.460 e. The van der Waals surface area contributed by atoms with Gasteiger partial charge in [-0.15, -0.1) is 0 Å². The summed E-state index contributed by atoms with van der Waals surface area (Å²) in [6, 6.07) is 0. The molecule has 0 aliphatic carbocycles. The Labute approximate surface area is 85.7 Å². The van der Waals surface area contributed by atoms with Gasteiger partial charge in [0.2, 0.25) is 0 Å². The summed E-state index contributed by atoms with van der Waals surface area (Å²) in [5.74, 6) is -14.0. The highest BCUT2D eigenvalue weighted by atomic mass is 19.4. The molecule has 0 unspecified atom stereocenters. The SMILES string of the molecule is CN(C)N=C(N)C(F)(F)C(F)(F)C(F)(F)F. The van der Waals surface area contributed by atoms with Gasteiger partial charge in [0.05, 0.1) is 0 Å². The van der Waals surface area contributed by atoms with Crippen molar-refractivity contribution in [1.82, 2.24) is 5.01 Å². The fourth-order valence-corrected chi connectivity index (χ4v) is 0.617. The highest BCUT2D eigenvalue weighted by molar-refractivity contribution is 5.88. The van der Waals surface area contributed by atoms with Gasteiger partial charge in [-0.3, -0.25) is 0 Å². The lowest BCUT2D eigenvalue weighted by molar-refractivity contribution is -0.336. The van der Waals surface area contributed by atoms with Gasteiger partial charge in [-0.25, -0.2) is 0 Å². The molecule has 0 aliphatic rings. The van der Waals surface area contributed by atoms with Crippen LogP contribution in [0.2, 0.25) is 0 Å². The molecule has 0 rings (SSSR count). The van der Waals surface area contributed by atoms with E-state index in [0.29, 0.717) is 5.01 Å². The summed E-state index contributed by atoms with van der Waals surface area (Å²) in [4.78, 5) is 0. The Balaban J connectivity index is 5.36. The van der Waals surface area contributed by atoms with Crippen LogP contribution < -0.4 is 5.73 Å². The molecule has 0 radical (unpaired) electrons. The van der Waals surface area contributed by atoms with Crippen LogP contribution in [0.15, 0.2) is 5.10 Å². The van der Waals surface area contributed by atoms with Crippen LogP contribution in [0.5, 0.6) is 0 Å². The van der Waals surface area contributed by atoms with Crippen molar-refractivity contribution < 1.29 is 30.7 Å². The van der Waals surface area contributed by atoms with Crippen LogP contribution in [-0.4, -0.2) is 43.0 Å². The highest BCUT2D eigenvalue weighted by Gasteiger charge is 2.75. The third-order valence-electron chi connectivity index (χ3n) is 1.38. The van der Waals surface area contributed by atoms with E-state index in [1.165, 1.54) is 0 Å². The molecule has 0 spiro atoms. The standard InChI is InChI=1S/C6H8F7N3/c1-16(2)15-3(14)4(7,8)5(9,10)6(11,12)13/h1-2H3,(H2,14,15). The van der Waals surface area contributed by atoms with Crippen molar-refractivity contribution in [1.29, 1.82) is 0 Å². The first kappa shape index (κ1) is 14.8. The molecule has 0 saturated heterocycles. The average Bonchev–Trinajstić information content (AvgIpc) is 2.00. The average molecular weight is 255 g/mol. The van der Waals surface area contributed by atoms with E-state index in [-0.39, 0.29) is 0 Å². The number of nitrogens with two attached hydrogens (primary N) is 1. The van der Waals surface area contributed by atoms with E-state index in [2.05, 4.69) is 10.8 Å². The quantitative estimate of drug-likeness (QED) is 0.360. The van der Waals surface area contributed by atoms with Gasteiger partial charge in [0.15, 0.2) is 5.84 Å². The maximum atomic E-state index is 12.7. The molecule has 10 heteroatoms. The predicted molar refractivity (Wildman–Crippen MR) is 41.3 cm³/mol. The lowest BCUT2D eigenvalue weighted by Gasteiger charge is -2.27. The monoisotopic (exact) mass is 255 g/mol. The van der Waals surface area contributed by atoms with Crippen LogP contribution in [0.25, 0.3) is 0 Å². The Morgan fingerprint density at radius 2 is 1.38 bits per heavy atom. The number of nitrogens with zero attached hydrogens (tertiary/aromatic N) is 2. The molecule has 0 aromatic rings. The van der Waals surface area contributed by atoms with Gasteiger partial charge in [-0.2, -0.15) is 35.8 Å². The Kier molecular flexibility index (Phi) is 3.68. The van der Waals surface area contributed by atoms with E-state index < -0.39 is 23.9 Å². The fraction of sp³-hybridized carbons (Fsp3) is 0.833. The van der Waals surface area contributed by atoms with Crippen LogP contribution in [0.1, 0.15) is 0 Å². The van der Waals surface area contributed by atoms with E-state index in [4.69, 9.17) is 0 Å². The van der Waals surface area contributed by atoms with Crippen molar-refractivity contribution in [3.8, 4) is 0 Å². The Bertz CT molecular complexity index is 280. The molecule has 0 fully saturated rings. The van der Waals surface area contributed by atoms with Crippen LogP contribution in [0.4, 0.5) is 30.7 Å². The molecule has 3 nitrogen and oxygen atoms in total. The summed E-state index contributed by atoms with van der Waals surface area (Å²) >= 11 is 0. The van der Waals surface area contributed by atoms with Crippen LogP contribution in [0.3, 0.4) is 0 Å². The van der Waals surface area contributed by atoms with Crippen molar-refractivity contribution in [3.05, 3.63) is 0 Å². The number of halogens is 7. The molecule has 0 atom stereocenters. The van der Waals surface area contributed by atoms with Crippen molar-refractivity contribution >= 4 is 5.84 Å². The van der Waals surface area contributed by atoms with Gasteiger partial charge in [0, 0.05) is 14.1 Å². The number of hydrogen-bond acceptors (Lipinski definition) is 2. The van der Waals surface area contributed by atoms with Crippen LogP contribution in [-0.2, 0) is 0 Å². The third-order valence-corrected chi connectivity index (χ3v) is 1.38. The Morgan fingerprint density at radius 1 is 1.00 bits per heavy atom.